The standard InChI is InChI=1S/C23H22N2O/c1-18(12-13-19-8-4-2-5-9-19)24-25-23(26)22-16-14-21(15-17-22)20-10-6-3-7-11-20/h2-11,14-17H,12-13H2,1H3,(H,25,26)/b24-18+. The molecule has 0 aliphatic rings. The van der Waals surface area contributed by atoms with Crippen molar-refractivity contribution in [3.63, 3.8) is 0 Å². The third-order valence-electron chi connectivity index (χ3n) is 4.22. The van der Waals surface area contributed by atoms with Gasteiger partial charge in [-0.3, -0.25) is 4.79 Å². The van der Waals surface area contributed by atoms with Crippen LogP contribution in [0.3, 0.4) is 0 Å². The van der Waals surface area contributed by atoms with Crippen molar-refractivity contribution in [2.75, 3.05) is 0 Å². The van der Waals surface area contributed by atoms with Crippen molar-refractivity contribution in [3.8, 4) is 11.1 Å². The maximum atomic E-state index is 12.3. The Hall–Kier alpha value is -3.20. The summed E-state index contributed by atoms with van der Waals surface area (Å²) in [5.74, 6) is -0.191. The minimum absolute atomic E-state index is 0.191. The number of hydrogen-bond acceptors (Lipinski definition) is 2. The van der Waals surface area contributed by atoms with Gasteiger partial charge in [0.25, 0.3) is 5.91 Å². The fourth-order valence-electron chi connectivity index (χ4n) is 2.68. The van der Waals surface area contributed by atoms with Gasteiger partial charge in [-0.15, -0.1) is 0 Å². The zero-order valence-electron chi connectivity index (χ0n) is 14.9. The van der Waals surface area contributed by atoms with Crippen LogP contribution in [0.2, 0.25) is 0 Å². The van der Waals surface area contributed by atoms with Crippen LogP contribution in [-0.2, 0) is 6.42 Å². The molecular formula is C23H22N2O. The summed E-state index contributed by atoms with van der Waals surface area (Å²) in [6, 6.07) is 27.9. The second-order valence-electron chi connectivity index (χ2n) is 6.22. The number of nitrogens with one attached hydrogen (secondary N) is 1. The highest BCUT2D eigenvalue weighted by Gasteiger charge is 2.05. The van der Waals surface area contributed by atoms with Crippen LogP contribution in [0.25, 0.3) is 11.1 Å². The van der Waals surface area contributed by atoms with Gasteiger partial charge in [0.1, 0.15) is 0 Å². The van der Waals surface area contributed by atoms with E-state index >= 15 is 0 Å². The van der Waals surface area contributed by atoms with Crippen LogP contribution in [0.1, 0.15) is 29.3 Å². The Labute approximate surface area is 154 Å². The number of benzene rings is 3. The molecule has 0 radical (unpaired) electrons. The van der Waals surface area contributed by atoms with Gasteiger partial charge < -0.3 is 0 Å². The van der Waals surface area contributed by atoms with E-state index in [0.29, 0.717) is 5.56 Å². The third-order valence-corrected chi connectivity index (χ3v) is 4.22. The number of nitrogens with zero attached hydrogens (tertiary/aromatic N) is 1. The van der Waals surface area contributed by atoms with Crippen LogP contribution in [-0.4, -0.2) is 11.6 Å². The molecule has 0 unspecified atom stereocenters. The molecule has 0 saturated heterocycles. The van der Waals surface area contributed by atoms with E-state index < -0.39 is 0 Å². The Morgan fingerprint density at radius 1 is 0.808 bits per heavy atom. The van der Waals surface area contributed by atoms with Crippen molar-refractivity contribution in [1.29, 1.82) is 0 Å². The van der Waals surface area contributed by atoms with Gasteiger partial charge in [-0.2, -0.15) is 5.10 Å². The van der Waals surface area contributed by atoms with E-state index in [1.165, 1.54) is 5.56 Å². The van der Waals surface area contributed by atoms with Crippen molar-refractivity contribution in [1.82, 2.24) is 5.43 Å². The maximum absolute atomic E-state index is 12.3. The van der Waals surface area contributed by atoms with Crippen molar-refractivity contribution in [2.45, 2.75) is 19.8 Å². The Bertz CT molecular complexity index is 869. The van der Waals surface area contributed by atoms with Gasteiger partial charge in [-0.1, -0.05) is 72.8 Å². The van der Waals surface area contributed by atoms with Crippen molar-refractivity contribution in [3.05, 3.63) is 96.1 Å². The van der Waals surface area contributed by atoms with E-state index in [1.54, 1.807) is 0 Å². The van der Waals surface area contributed by atoms with Crippen molar-refractivity contribution in [2.24, 2.45) is 5.10 Å². The van der Waals surface area contributed by atoms with Crippen LogP contribution < -0.4 is 5.43 Å². The van der Waals surface area contributed by atoms with Crippen molar-refractivity contribution < 1.29 is 4.79 Å². The quantitative estimate of drug-likeness (QED) is 0.492. The SMILES string of the molecule is C/C(CCc1ccccc1)=N\NC(=O)c1ccc(-c2ccccc2)cc1. The first kappa shape index (κ1) is 17.6. The van der Waals surface area contributed by atoms with Gasteiger partial charge in [-0.25, -0.2) is 5.43 Å². The van der Waals surface area contributed by atoms with Gasteiger partial charge in [0.05, 0.1) is 0 Å². The molecule has 130 valence electrons. The Balaban J connectivity index is 1.56. The number of hydrogen-bond donors (Lipinski definition) is 1. The molecule has 26 heavy (non-hydrogen) atoms. The van der Waals surface area contributed by atoms with E-state index in [1.807, 2.05) is 67.6 Å². The minimum Gasteiger partial charge on any atom is -0.267 e. The average Bonchev–Trinajstić information content (AvgIpc) is 2.72. The van der Waals surface area contributed by atoms with Crippen molar-refractivity contribution >= 4 is 11.6 Å². The Morgan fingerprint density at radius 2 is 1.38 bits per heavy atom. The number of rotatable bonds is 6. The fraction of sp³-hybridized carbons (Fsp3) is 0.130. The molecule has 0 saturated carbocycles. The Morgan fingerprint density at radius 3 is 2.04 bits per heavy atom. The van der Waals surface area contributed by atoms with Crippen LogP contribution in [0, 0.1) is 0 Å². The monoisotopic (exact) mass is 342 g/mol. The molecule has 0 heterocycles. The molecule has 3 aromatic carbocycles. The molecule has 0 atom stereocenters. The summed E-state index contributed by atoms with van der Waals surface area (Å²) in [4.78, 5) is 12.3. The molecular weight excluding hydrogens is 320 g/mol. The number of hydrazone groups is 1. The van der Waals surface area contributed by atoms with Gasteiger partial charge in [0.15, 0.2) is 0 Å². The van der Waals surface area contributed by atoms with E-state index in [2.05, 4.69) is 34.8 Å². The summed E-state index contributed by atoms with van der Waals surface area (Å²) in [5.41, 5.74) is 7.64. The second kappa shape index (κ2) is 8.77. The molecule has 3 rings (SSSR count). The molecule has 1 N–H and O–H groups in total. The van der Waals surface area contributed by atoms with Crippen LogP contribution in [0.5, 0.6) is 0 Å². The minimum atomic E-state index is -0.191. The number of amides is 1. The zero-order chi connectivity index (χ0) is 18.2. The molecule has 0 fully saturated rings. The topological polar surface area (TPSA) is 41.5 Å². The molecule has 1 amide bonds. The zero-order valence-corrected chi connectivity index (χ0v) is 14.9. The predicted octanol–water partition coefficient (Wildman–Crippen LogP) is 5.09. The lowest BCUT2D eigenvalue weighted by Crippen LogP contribution is -2.19. The highest BCUT2D eigenvalue weighted by atomic mass is 16.2. The van der Waals surface area contributed by atoms with E-state index in [-0.39, 0.29) is 5.91 Å². The molecule has 0 aliphatic carbocycles. The summed E-state index contributed by atoms with van der Waals surface area (Å²) in [5, 5.41) is 4.21. The summed E-state index contributed by atoms with van der Waals surface area (Å²) in [7, 11) is 0. The molecule has 0 aliphatic heterocycles. The van der Waals surface area contributed by atoms with Crippen LogP contribution in [0.15, 0.2) is 90.0 Å². The molecule has 3 heteroatoms. The first-order valence-electron chi connectivity index (χ1n) is 8.75. The number of carbonyl (C=O) groups is 1. The smallest absolute Gasteiger partial charge is 0.267 e. The Kier molecular flexibility index (Phi) is 5.94. The summed E-state index contributed by atoms with van der Waals surface area (Å²) >= 11 is 0. The largest absolute Gasteiger partial charge is 0.271 e. The average molecular weight is 342 g/mol. The molecule has 0 aromatic heterocycles. The van der Waals surface area contributed by atoms with Gasteiger partial charge in [0, 0.05) is 11.3 Å². The van der Waals surface area contributed by atoms with Crippen LogP contribution >= 0.6 is 0 Å². The lowest BCUT2D eigenvalue weighted by molar-refractivity contribution is 0.0954. The number of aryl methyl sites for hydroxylation is 1. The maximum Gasteiger partial charge on any atom is 0.271 e. The van der Waals surface area contributed by atoms with Gasteiger partial charge in [-0.05, 0) is 48.6 Å². The summed E-state index contributed by atoms with van der Waals surface area (Å²) in [6.45, 7) is 1.93. The lowest BCUT2D eigenvalue weighted by atomic mass is 10.0. The second-order valence-corrected chi connectivity index (χ2v) is 6.22. The fourth-order valence-corrected chi connectivity index (χ4v) is 2.68. The van der Waals surface area contributed by atoms with E-state index in [0.717, 1.165) is 29.7 Å². The molecule has 3 nitrogen and oxygen atoms in total. The lowest BCUT2D eigenvalue weighted by Gasteiger charge is -2.05. The molecule has 0 bridgehead atoms. The summed E-state index contributed by atoms with van der Waals surface area (Å²) < 4.78 is 0. The first-order chi connectivity index (χ1) is 12.7. The normalized spacial score (nSPS) is 11.2. The van der Waals surface area contributed by atoms with Crippen LogP contribution in [0.4, 0.5) is 0 Å². The van der Waals surface area contributed by atoms with Gasteiger partial charge >= 0.3 is 0 Å². The summed E-state index contributed by atoms with van der Waals surface area (Å²) in [6.07, 6.45) is 1.73. The van der Waals surface area contributed by atoms with E-state index in [4.69, 9.17) is 0 Å². The highest BCUT2D eigenvalue weighted by molar-refractivity contribution is 5.95. The van der Waals surface area contributed by atoms with E-state index in [9.17, 15) is 4.79 Å². The number of carbonyl (C=O) groups excluding carboxylic acids is 1. The highest BCUT2D eigenvalue weighted by Crippen LogP contribution is 2.19. The molecule has 0 spiro atoms. The predicted molar refractivity (Wildman–Crippen MR) is 107 cm³/mol. The third kappa shape index (κ3) is 4.90. The molecule has 3 aromatic rings. The van der Waals surface area contributed by atoms with Gasteiger partial charge in [0.2, 0.25) is 0 Å². The first-order valence-corrected chi connectivity index (χ1v) is 8.75.